The number of hydrogen-bond acceptors (Lipinski definition) is 4. The van der Waals surface area contributed by atoms with Gasteiger partial charge in [0, 0.05) is 26.2 Å². The third-order valence-corrected chi connectivity index (χ3v) is 7.74. The quantitative estimate of drug-likeness (QED) is 0.554. The number of Topliss-reactive ketones (excluding diaryl/α,β-unsaturated/α-hetero) is 1. The van der Waals surface area contributed by atoms with E-state index in [1.807, 2.05) is 6.07 Å². The van der Waals surface area contributed by atoms with E-state index in [9.17, 15) is 4.79 Å². The Hall–Kier alpha value is -0.660. The number of hydrogen-bond donors (Lipinski definition) is 0. The van der Waals surface area contributed by atoms with Crippen LogP contribution in [0.15, 0.2) is 12.1 Å². The molecular weight excluding hydrogens is 475 g/mol. The maximum Gasteiger partial charge on any atom is 0.178 e. The fourth-order valence-corrected chi connectivity index (χ4v) is 6.54. The molecule has 160 valence electrons. The first kappa shape index (κ1) is 21.6. The van der Waals surface area contributed by atoms with Gasteiger partial charge in [0.15, 0.2) is 5.78 Å². The number of piperidine rings is 2. The SMILES string of the molecule is Cc1cc(I)c2c(c1)C(=O)C(CN1CCC[C@H](C)C1)(CN1CCC[C@H](C)C1)CO2. The van der Waals surface area contributed by atoms with Crippen LogP contribution in [0.25, 0.3) is 0 Å². The molecule has 2 fully saturated rings. The Balaban J connectivity index is 1.65. The van der Waals surface area contributed by atoms with Crippen LogP contribution in [-0.4, -0.2) is 61.5 Å². The smallest absolute Gasteiger partial charge is 0.178 e. The molecule has 29 heavy (non-hydrogen) atoms. The van der Waals surface area contributed by atoms with Gasteiger partial charge in [0.25, 0.3) is 0 Å². The zero-order valence-corrected chi connectivity index (χ0v) is 20.3. The molecule has 0 bridgehead atoms. The van der Waals surface area contributed by atoms with Gasteiger partial charge < -0.3 is 14.5 Å². The molecule has 0 amide bonds. The lowest BCUT2D eigenvalue weighted by molar-refractivity contribution is 0.0162. The minimum absolute atomic E-state index is 0.303. The summed E-state index contributed by atoms with van der Waals surface area (Å²) in [6.07, 6.45) is 5.08. The average Bonchev–Trinajstić information content (AvgIpc) is 2.65. The molecular formula is C24H35IN2O2. The molecule has 2 saturated heterocycles. The van der Waals surface area contributed by atoms with E-state index in [-0.39, 0.29) is 0 Å². The molecule has 0 spiro atoms. The van der Waals surface area contributed by atoms with E-state index in [2.05, 4.69) is 59.2 Å². The summed E-state index contributed by atoms with van der Waals surface area (Å²) in [5.41, 5.74) is 1.48. The normalized spacial score (nSPS) is 28.1. The van der Waals surface area contributed by atoms with Crippen molar-refractivity contribution in [3.63, 3.8) is 0 Å². The van der Waals surface area contributed by atoms with Crippen molar-refractivity contribution in [3.05, 3.63) is 26.8 Å². The summed E-state index contributed by atoms with van der Waals surface area (Å²) in [6.45, 7) is 13.3. The second-order valence-corrected chi connectivity index (χ2v) is 11.1. The highest BCUT2D eigenvalue weighted by Gasteiger charge is 2.47. The lowest BCUT2D eigenvalue weighted by Crippen LogP contribution is -2.57. The molecule has 0 radical (unpaired) electrons. The van der Waals surface area contributed by atoms with Gasteiger partial charge in [-0.25, -0.2) is 0 Å². The number of fused-ring (bicyclic) bond motifs is 1. The monoisotopic (exact) mass is 510 g/mol. The van der Waals surface area contributed by atoms with Crippen LogP contribution in [0.5, 0.6) is 5.75 Å². The van der Waals surface area contributed by atoms with E-state index in [0.29, 0.717) is 24.2 Å². The van der Waals surface area contributed by atoms with Crippen LogP contribution in [0.1, 0.15) is 55.5 Å². The Morgan fingerprint density at radius 3 is 2.21 bits per heavy atom. The van der Waals surface area contributed by atoms with E-state index >= 15 is 0 Å². The summed E-state index contributed by atoms with van der Waals surface area (Å²) in [5, 5.41) is 0. The third-order valence-electron chi connectivity index (χ3n) is 6.94. The summed E-state index contributed by atoms with van der Waals surface area (Å²) in [7, 11) is 0. The number of carbonyl (C=O) groups excluding carboxylic acids is 1. The number of benzene rings is 1. The summed E-state index contributed by atoms with van der Waals surface area (Å²) >= 11 is 2.31. The number of aryl methyl sites for hydroxylation is 1. The number of halogens is 1. The minimum atomic E-state index is -0.460. The third kappa shape index (κ3) is 4.67. The predicted octanol–water partition coefficient (Wildman–Crippen LogP) is 4.62. The largest absolute Gasteiger partial charge is 0.491 e. The molecule has 0 aliphatic carbocycles. The highest BCUT2D eigenvalue weighted by atomic mass is 127. The van der Waals surface area contributed by atoms with E-state index < -0.39 is 5.41 Å². The van der Waals surface area contributed by atoms with Crippen molar-refractivity contribution < 1.29 is 9.53 Å². The summed E-state index contributed by atoms with van der Waals surface area (Å²) in [5.74, 6) is 2.53. The van der Waals surface area contributed by atoms with Gasteiger partial charge in [-0.1, -0.05) is 13.8 Å². The van der Waals surface area contributed by atoms with Gasteiger partial charge in [0.1, 0.15) is 12.4 Å². The van der Waals surface area contributed by atoms with Crippen LogP contribution in [0.2, 0.25) is 0 Å². The Morgan fingerprint density at radius 2 is 1.66 bits per heavy atom. The molecule has 0 N–H and O–H groups in total. The van der Waals surface area contributed by atoms with Crippen molar-refractivity contribution in [2.24, 2.45) is 17.3 Å². The Labute approximate surface area is 189 Å². The van der Waals surface area contributed by atoms with Crippen molar-refractivity contribution in [2.45, 2.75) is 46.5 Å². The van der Waals surface area contributed by atoms with Crippen molar-refractivity contribution >= 4 is 28.4 Å². The van der Waals surface area contributed by atoms with E-state index in [1.54, 1.807) is 0 Å². The van der Waals surface area contributed by atoms with Gasteiger partial charge in [0.2, 0.25) is 0 Å². The second kappa shape index (κ2) is 8.83. The van der Waals surface area contributed by atoms with Crippen molar-refractivity contribution in [2.75, 3.05) is 45.9 Å². The van der Waals surface area contributed by atoms with Gasteiger partial charge in [-0.3, -0.25) is 4.79 Å². The van der Waals surface area contributed by atoms with Crippen molar-refractivity contribution in [1.29, 1.82) is 0 Å². The first-order chi connectivity index (χ1) is 13.9. The summed E-state index contributed by atoms with van der Waals surface area (Å²) in [6, 6.07) is 4.16. The number of rotatable bonds is 4. The average molecular weight is 510 g/mol. The molecule has 0 aromatic heterocycles. The fraction of sp³-hybridized carbons (Fsp3) is 0.708. The van der Waals surface area contributed by atoms with Crippen molar-refractivity contribution in [3.8, 4) is 5.75 Å². The molecule has 4 rings (SSSR count). The first-order valence-corrected chi connectivity index (χ1v) is 12.4. The van der Waals surface area contributed by atoms with Gasteiger partial charge in [-0.15, -0.1) is 0 Å². The van der Waals surface area contributed by atoms with Crippen LogP contribution >= 0.6 is 22.6 Å². The van der Waals surface area contributed by atoms with Crippen LogP contribution in [0, 0.1) is 27.7 Å². The molecule has 4 nitrogen and oxygen atoms in total. The molecule has 3 aliphatic rings. The van der Waals surface area contributed by atoms with Crippen LogP contribution in [0.4, 0.5) is 0 Å². The number of ketones is 1. The van der Waals surface area contributed by atoms with Crippen LogP contribution in [0.3, 0.4) is 0 Å². The number of nitrogens with zero attached hydrogens (tertiary/aromatic N) is 2. The topological polar surface area (TPSA) is 32.8 Å². The van der Waals surface area contributed by atoms with Gasteiger partial charge in [0.05, 0.1) is 14.5 Å². The van der Waals surface area contributed by atoms with Gasteiger partial charge in [-0.05, 0) is 97.8 Å². The van der Waals surface area contributed by atoms with Gasteiger partial charge in [-0.2, -0.15) is 0 Å². The zero-order valence-electron chi connectivity index (χ0n) is 18.2. The molecule has 5 heteroatoms. The fourth-order valence-electron chi connectivity index (χ4n) is 5.61. The molecule has 0 saturated carbocycles. The molecule has 2 atom stereocenters. The first-order valence-electron chi connectivity index (χ1n) is 11.3. The lowest BCUT2D eigenvalue weighted by Gasteiger charge is -2.45. The highest BCUT2D eigenvalue weighted by Crippen LogP contribution is 2.40. The summed E-state index contributed by atoms with van der Waals surface area (Å²) in [4.78, 5) is 19.1. The lowest BCUT2D eigenvalue weighted by atomic mass is 9.76. The van der Waals surface area contributed by atoms with E-state index in [1.165, 1.54) is 25.7 Å². The second-order valence-electron chi connectivity index (χ2n) is 9.99. The van der Waals surface area contributed by atoms with Gasteiger partial charge >= 0.3 is 0 Å². The maximum atomic E-state index is 14.0. The predicted molar refractivity (Wildman–Crippen MR) is 126 cm³/mol. The number of ether oxygens (including phenoxy) is 1. The molecule has 3 heterocycles. The van der Waals surface area contributed by atoms with E-state index in [4.69, 9.17) is 4.74 Å². The molecule has 1 aromatic carbocycles. The molecule has 3 aliphatic heterocycles. The Bertz CT molecular complexity index is 741. The van der Waals surface area contributed by atoms with Crippen LogP contribution in [-0.2, 0) is 0 Å². The zero-order chi connectivity index (χ0) is 20.6. The summed E-state index contributed by atoms with van der Waals surface area (Å²) < 4.78 is 7.40. The molecule has 1 aromatic rings. The Kier molecular flexibility index (Phi) is 6.57. The Morgan fingerprint density at radius 1 is 1.07 bits per heavy atom. The number of likely N-dealkylation sites (tertiary alicyclic amines) is 2. The standard InChI is InChI=1S/C24H35IN2O2/c1-17-6-4-8-26(12-17)14-24(15-27-9-5-7-18(2)13-27)16-29-22-20(23(24)28)10-19(3)11-21(22)25/h10-11,17-18H,4-9,12-16H2,1-3H3/t17-,18-/m0/s1. The van der Waals surface area contributed by atoms with E-state index in [0.717, 1.165) is 59.7 Å². The number of carbonyl (C=O) groups is 1. The molecule has 0 unspecified atom stereocenters. The van der Waals surface area contributed by atoms with Crippen molar-refractivity contribution in [1.82, 2.24) is 9.80 Å². The van der Waals surface area contributed by atoms with Crippen LogP contribution < -0.4 is 4.74 Å². The minimum Gasteiger partial charge on any atom is -0.491 e. The maximum absolute atomic E-state index is 14.0. The highest BCUT2D eigenvalue weighted by molar-refractivity contribution is 14.1.